The third-order valence-corrected chi connectivity index (χ3v) is 4.53. The Morgan fingerprint density at radius 1 is 1.38 bits per heavy atom. The van der Waals surface area contributed by atoms with E-state index in [1.165, 1.54) is 0 Å². The fourth-order valence-corrected chi connectivity index (χ4v) is 3.01. The van der Waals surface area contributed by atoms with Crippen molar-refractivity contribution in [3.63, 3.8) is 0 Å². The molecule has 0 spiro atoms. The van der Waals surface area contributed by atoms with Crippen LogP contribution < -0.4 is 10.6 Å². The maximum atomic E-state index is 11.7. The highest BCUT2D eigenvalue weighted by atomic mass is 35.5. The Morgan fingerprint density at radius 2 is 2.23 bits per heavy atom. The van der Waals surface area contributed by atoms with E-state index in [-0.39, 0.29) is 5.91 Å². The van der Waals surface area contributed by atoms with Crippen molar-refractivity contribution in [2.75, 3.05) is 43.8 Å². The number of nitrogens with zero attached hydrogens (tertiary/aromatic N) is 4. The molecule has 0 saturated heterocycles. The molecule has 10 heteroatoms. The number of carbonyl (C=O) groups is 1. The predicted molar refractivity (Wildman–Crippen MR) is 105 cm³/mol. The molecule has 0 unspecified atom stereocenters. The van der Waals surface area contributed by atoms with Crippen LogP contribution in [0.25, 0.3) is 11.0 Å². The largest absolute Gasteiger partial charge is 0.383 e. The van der Waals surface area contributed by atoms with Crippen molar-refractivity contribution in [1.82, 2.24) is 25.1 Å². The third-order valence-electron chi connectivity index (χ3n) is 3.53. The maximum Gasteiger partial charge on any atom is 0.220 e. The van der Waals surface area contributed by atoms with Crippen LogP contribution in [0.5, 0.6) is 0 Å². The van der Waals surface area contributed by atoms with E-state index in [0.29, 0.717) is 50.1 Å². The van der Waals surface area contributed by atoms with Gasteiger partial charge in [-0.3, -0.25) is 4.79 Å². The Bertz CT molecular complexity index is 711. The quantitative estimate of drug-likeness (QED) is 0.244. The van der Waals surface area contributed by atoms with E-state index in [4.69, 9.17) is 16.3 Å². The Morgan fingerprint density at radius 3 is 2.96 bits per heavy atom. The molecule has 2 N–H and O–H groups in total. The number of carbonyl (C=O) groups excluding carboxylic acids is 1. The van der Waals surface area contributed by atoms with Crippen molar-refractivity contribution < 1.29 is 9.53 Å². The number of amides is 1. The minimum Gasteiger partial charge on any atom is -0.383 e. The first-order chi connectivity index (χ1) is 12.7. The summed E-state index contributed by atoms with van der Waals surface area (Å²) in [6.07, 6.45) is 2.87. The van der Waals surface area contributed by atoms with Crippen molar-refractivity contribution in [3.8, 4) is 0 Å². The lowest BCUT2D eigenvalue weighted by atomic mass is 10.3. The van der Waals surface area contributed by atoms with Gasteiger partial charge in [-0.1, -0.05) is 18.7 Å². The highest BCUT2D eigenvalue weighted by Crippen LogP contribution is 2.24. The van der Waals surface area contributed by atoms with E-state index in [9.17, 15) is 4.79 Å². The molecule has 0 saturated carbocycles. The summed E-state index contributed by atoms with van der Waals surface area (Å²) >= 11 is 7.18. The highest BCUT2D eigenvalue weighted by Gasteiger charge is 2.13. The molecular weight excluding hydrogens is 376 g/mol. The summed E-state index contributed by atoms with van der Waals surface area (Å²) in [6, 6.07) is 0. The lowest BCUT2D eigenvalue weighted by Gasteiger charge is -2.09. The van der Waals surface area contributed by atoms with Gasteiger partial charge in [-0.05, 0) is 12.2 Å². The minimum absolute atomic E-state index is 0.000821. The van der Waals surface area contributed by atoms with Crippen LogP contribution in [0.15, 0.2) is 11.4 Å². The van der Waals surface area contributed by atoms with Gasteiger partial charge in [0.2, 0.25) is 5.91 Å². The van der Waals surface area contributed by atoms with Crippen LogP contribution in [0.2, 0.25) is 0 Å². The number of hydrogen-bond donors (Lipinski definition) is 2. The van der Waals surface area contributed by atoms with Gasteiger partial charge in [-0.15, -0.1) is 11.6 Å². The topological polar surface area (TPSA) is 94.0 Å². The van der Waals surface area contributed by atoms with Gasteiger partial charge in [0.1, 0.15) is 5.82 Å². The third kappa shape index (κ3) is 6.00. The van der Waals surface area contributed by atoms with Crippen LogP contribution in [0.3, 0.4) is 0 Å². The first-order valence-electron chi connectivity index (χ1n) is 8.61. The average molecular weight is 401 g/mol. The van der Waals surface area contributed by atoms with E-state index in [1.54, 1.807) is 29.8 Å². The molecule has 2 aromatic rings. The number of methoxy groups -OCH3 is 1. The van der Waals surface area contributed by atoms with Crippen LogP contribution in [0.1, 0.15) is 19.8 Å². The van der Waals surface area contributed by atoms with Crippen LogP contribution in [0, 0.1) is 0 Å². The lowest BCUT2D eigenvalue weighted by molar-refractivity contribution is -0.121. The summed E-state index contributed by atoms with van der Waals surface area (Å²) in [7, 11) is 1.66. The van der Waals surface area contributed by atoms with E-state index in [0.717, 1.165) is 22.6 Å². The Kier molecular flexibility index (Phi) is 8.93. The second-order valence-electron chi connectivity index (χ2n) is 5.45. The molecule has 26 heavy (non-hydrogen) atoms. The summed E-state index contributed by atoms with van der Waals surface area (Å²) in [5, 5.41) is 12.1. The molecule has 0 aromatic carbocycles. The fourth-order valence-electron chi connectivity index (χ4n) is 2.32. The van der Waals surface area contributed by atoms with Gasteiger partial charge in [0.15, 0.2) is 10.8 Å². The van der Waals surface area contributed by atoms with E-state index in [1.807, 2.05) is 0 Å². The molecule has 0 fully saturated rings. The maximum absolute atomic E-state index is 11.7. The zero-order chi connectivity index (χ0) is 18.8. The number of nitrogens with one attached hydrogen (secondary N) is 2. The van der Waals surface area contributed by atoms with Gasteiger partial charge in [-0.2, -0.15) is 5.10 Å². The zero-order valence-electron chi connectivity index (χ0n) is 15.1. The van der Waals surface area contributed by atoms with Gasteiger partial charge in [0.25, 0.3) is 0 Å². The van der Waals surface area contributed by atoms with Crippen LogP contribution >= 0.6 is 23.4 Å². The van der Waals surface area contributed by atoms with Crippen molar-refractivity contribution in [2.45, 2.75) is 31.5 Å². The molecule has 0 aliphatic rings. The molecule has 144 valence electrons. The number of hydrogen-bond acceptors (Lipinski definition) is 7. The standard InChI is InChI=1S/C16H25ClN6O2S/c1-3-26-16-21-14(19-8-10-25-2)12-11-20-23(15(12)22-16)9-7-18-13(24)5-4-6-17/h11H,3-10H2,1-2H3,(H,18,24)(H,19,21,22). The summed E-state index contributed by atoms with van der Waals surface area (Å²) < 4.78 is 6.87. The molecule has 8 nitrogen and oxygen atoms in total. The van der Waals surface area contributed by atoms with E-state index in [2.05, 4.69) is 32.6 Å². The number of thioether (sulfide) groups is 1. The highest BCUT2D eigenvalue weighted by molar-refractivity contribution is 7.99. The number of anilines is 1. The molecule has 2 aromatic heterocycles. The summed E-state index contributed by atoms with van der Waals surface area (Å²) in [6.45, 7) is 4.33. The number of ether oxygens (including phenoxy) is 1. The molecule has 0 radical (unpaired) electrons. The second kappa shape index (κ2) is 11.2. The SMILES string of the molecule is CCSc1nc(NCCOC)c2cnn(CCNC(=O)CCCCl)c2n1. The van der Waals surface area contributed by atoms with Crippen LogP contribution in [-0.2, 0) is 16.1 Å². The van der Waals surface area contributed by atoms with Crippen molar-refractivity contribution in [3.05, 3.63) is 6.20 Å². The first kappa shape index (κ1) is 20.7. The normalized spacial score (nSPS) is 11.0. The van der Waals surface area contributed by atoms with Gasteiger partial charge in [-0.25, -0.2) is 14.6 Å². The molecule has 2 rings (SSSR count). The Hall–Kier alpha value is -1.58. The van der Waals surface area contributed by atoms with Crippen molar-refractivity contribution in [1.29, 1.82) is 0 Å². The van der Waals surface area contributed by atoms with Crippen molar-refractivity contribution in [2.24, 2.45) is 0 Å². The van der Waals surface area contributed by atoms with Crippen LogP contribution in [0.4, 0.5) is 5.82 Å². The first-order valence-corrected chi connectivity index (χ1v) is 10.1. The van der Waals surface area contributed by atoms with E-state index < -0.39 is 0 Å². The average Bonchev–Trinajstić information content (AvgIpc) is 3.04. The fraction of sp³-hybridized carbons (Fsp3) is 0.625. The summed E-state index contributed by atoms with van der Waals surface area (Å²) in [5.74, 6) is 2.12. The number of halogens is 1. The smallest absolute Gasteiger partial charge is 0.220 e. The minimum atomic E-state index is 0.000821. The Labute approximate surface area is 162 Å². The molecular formula is C16H25ClN6O2S. The zero-order valence-corrected chi connectivity index (χ0v) is 16.7. The summed E-state index contributed by atoms with van der Waals surface area (Å²) in [4.78, 5) is 20.9. The lowest BCUT2D eigenvalue weighted by Crippen LogP contribution is -2.27. The predicted octanol–water partition coefficient (Wildman–Crippen LogP) is 2.13. The number of fused-ring (bicyclic) bond motifs is 1. The van der Waals surface area contributed by atoms with Gasteiger partial charge < -0.3 is 15.4 Å². The number of alkyl halides is 1. The molecule has 1 amide bonds. The number of rotatable bonds is 12. The van der Waals surface area contributed by atoms with Gasteiger partial charge in [0.05, 0.1) is 24.7 Å². The van der Waals surface area contributed by atoms with Crippen LogP contribution in [-0.4, -0.2) is 64.1 Å². The van der Waals surface area contributed by atoms with Gasteiger partial charge >= 0.3 is 0 Å². The Balaban J connectivity index is 2.10. The summed E-state index contributed by atoms with van der Waals surface area (Å²) in [5.41, 5.74) is 0.755. The second-order valence-corrected chi connectivity index (χ2v) is 7.06. The van der Waals surface area contributed by atoms with Gasteiger partial charge in [0, 0.05) is 32.5 Å². The molecule has 0 aliphatic heterocycles. The molecule has 0 bridgehead atoms. The van der Waals surface area contributed by atoms with Crippen molar-refractivity contribution >= 4 is 46.1 Å². The molecule has 0 aliphatic carbocycles. The molecule has 0 atom stereocenters. The monoisotopic (exact) mass is 400 g/mol. The molecule has 2 heterocycles. The van der Waals surface area contributed by atoms with E-state index >= 15 is 0 Å². The number of aromatic nitrogens is 4.